The van der Waals surface area contributed by atoms with Crippen LogP contribution in [0.4, 0.5) is 4.39 Å². The van der Waals surface area contributed by atoms with Crippen LogP contribution >= 0.6 is 0 Å². The van der Waals surface area contributed by atoms with Crippen LogP contribution in [0, 0.1) is 5.82 Å². The molecule has 0 atom stereocenters. The van der Waals surface area contributed by atoms with E-state index in [0.29, 0.717) is 5.56 Å². The molecule has 1 aromatic heterocycles. The summed E-state index contributed by atoms with van der Waals surface area (Å²) in [7, 11) is 2.65. The number of ketones is 1. The summed E-state index contributed by atoms with van der Waals surface area (Å²) in [6.45, 7) is 1.28. The molecule has 2 aromatic rings. The van der Waals surface area contributed by atoms with Gasteiger partial charge in [0.2, 0.25) is 0 Å². The maximum atomic E-state index is 13.7. The maximum Gasteiger partial charge on any atom is 0.331 e. The van der Waals surface area contributed by atoms with Gasteiger partial charge < -0.3 is 4.74 Å². The van der Waals surface area contributed by atoms with Crippen molar-refractivity contribution in [2.45, 2.75) is 13.5 Å². The first-order valence-electron chi connectivity index (χ1n) is 6.49. The summed E-state index contributed by atoms with van der Waals surface area (Å²) in [5.74, 6) is -0.888. The number of halogens is 1. The summed E-state index contributed by atoms with van der Waals surface area (Å²) < 4.78 is 20.6. The first-order chi connectivity index (χ1) is 10.3. The van der Waals surface area contributed by atoms with Gasteiger partial charge in [0.05, 0.1) is 19.2 Å². The average molecular weight is 306 g/mol. The zero-order chi connectivity index (χ0) is 16.4. The van der Waals surface area contributed by atoms with Crippen LogP contribution in [0.2, 0.25) is 0 Å². The second kappa shape index (κ2) is 5.97. The molecule has 0 aliphatic carbocycles. The largest absolute Gasteiger partial charge is 0.494 e. The highest BCUT2D eigenvalue weighted by atomic mass is 19.1. The Hall–Kier alpha value is -2.70. The molecule has 0 amide bonds. The van der Waals surface area contributed by atoms with Gasteiger partial charge in [0.1, 0.15) is 0 Å². The summed E-state index contributed by atoms with van der Waals surface area (Å²) in [6, 6.07) is 4.29. The molecule has 0 bridgehead atoms. The number of rotatable bonds is 4. The van der Waals surface area contributed by atoms with Crippen molar-refractivity contribution in [3.05, 3.63) is 62.2 Å². The van der Waals surface area contributed by atoms with Gasteiger partial charge in [-0.3, -0.25) is 18.7 Å². The van der Waals surface area contributed by atoms with E-state index in [9.17, 15) is 18.8 Å². The van der Waals surface area contributed by atoms with Crippen LogP contribution in [0.5, 0.6) is 5.75 Å². The molecule has 1 heterocycles. The first kappa shape index (κ1) is 15.7. The van der Waals surface area contributed by atoms with Gasteiger partial charge in [-0.05, 0) is 24.6 Å². The molecule has 2 rings (SSSR count). The van der Waals surface area contributed by atoms with E-state index in [0.717, 1.165) is 4.57 Å². The molecule has 22 heavy (non-hydrogen) atoms. The number of methoxy groups -OCH3 is 1. The number of nitrogens with zero attached hydrogens (tertiary/aromatic N) is 2. The van der Waals surface area contributed by atoms with Crippen LogP contribution in [0.1, 0.15) is 22.8 Å². The summed E-state index contributed by atoms with van der Waals surface area (Å²) in [6.07, 6.45) is 1.20. The van der Waals surface area contributed by atoms with E-state index >= 15 is 0 Å². The molecule has 0 spiro atoms. The maximum absolute atomic E-state index is 13.7. The fourth-order valence-corrected chi connectivity index (χ4v) is 2.09. The Morgan fingerprint density at radius 1 is 1.32 bits per heavy atom. The molecule has 1 aromatic carbocycles. The Bertz CT molecular complexity index is 852. The SMILES string of the molecule is COc1ccc(Cn2cc(C(C)=O)c(=O)n(C)c2=O)cc1F. The highest BCUT2D eigenvalue weighted by Gasteiger charge is 2.13. The predicted octanol–water partition coefficient (Wildman–Crippen LogP) is 0.946. The van der Waals surface area contributed by atoms with E-state index in [1.54, 1.807) is 6.07 Å². The van der Waals surface area contributed by atoms with Crippen LogP contribution in [0.25, 0.3) is 0 Å². The zero-order valence-electron chi connectivity index (χ0n) is 12.4. The third-order valence-corrected chi connectivity index (χ3v) is 3.30. The smallest absolute Gasteiger partial charge is 0.331 e. The fourth-order valence-electron chi connectivity index (χ4n) is 2.09. The molecular weight excluding hydrogens is 291 g/mol. The Morgan fingerprint density at radius 2 is 2.00 bits per heavy atom. The predicted molar refractivity (Wildman–Crippen MR) is 78.0 cm³/mol. The lowest BCUT2D eigenvalue weighted by Gasteiger charge is -2.10. The number of hydrogen-bond donors (Lipinski definition) is 0. The van der Waals surface area contributed by atoms with E-state index in [2.05, 4.69) is 0 Å². The minimum absolute atomic E-state index is 0.0359. The molecule has 0 aliphatic rings. The van der Waals surface area contributed by atoms with Gasteiger partial charge in [0, 0.05) is 13.2 Å². The lowest BCUT2D eigenvalue weighted by Crippen LogP contribution is -2.40. The van der Waals surface area contributed by atoms with Gasteiger partial charge in [0.15, 0.2) is 17.3 Å². The van der Waals surface area contributed by atoms with Crippen molar-refractivity contribution in [3.63, 3.8) is 0 Å². The van der Waals surface area contributed by atoms with Crippen LogP contribution in [0.3, 0.4) is 0 Å². The normalized spacial score (nSPS) is 10.5. The number of carbonyl (C=O) groups is 1. The van der Waals surface area contributed by atoms with E-state index < -0.39 is 22.8 Å². The molecule has 7 heteroatoms. The monoisotopic (exact) mass is 306 g/mol. The quantitative estimate of drug-likeness (QED) is 0.788. The molecule has 0 unspecified atom stereocenters. The molecular formula is C15H15FN2O4. The van der Waals surface area contributed by atoms with Crippen molar-refractivity contribution in [1.29, 1.82) is 0 Å². The minimum atomic E-state index is -0.644. The van der Waals surface area contributed by atoms with Crippen molar-refractivity contribution in [1.82, 2.24) is 9.13 Å². The first-order valence-corrected chi connectivity index (χ1v) is 6.49. The molecule has 0 N–H and O–H groups in total. The van der Waals surface area contributed by atoms with Crippen LogP contribution in [0.15, 0.2) is 34.0 Å². The third kappa shape index (κ3) is 2.83. The van der Waals surface area contributed by atoms with Crippen LogP contribution < -0.4 is 16.0 Å². The number of ether oxygens (including phenoxy) is 1. The summed E-state index contributed by atoms with van der Waals surface area (Å²) in [5, 5.41) is 0. The molecule has 0 saturated heterocycles. The lowest BCUT2D eigenvalue weighted by molar-refractivity contribution is 0.101. The summed E-state index contributed by atoms with van der Waals surface area (Å²) >= 11 is 0. The van der Waals surface area contributed by atoms with Crippen LogP contribution in [-0.2, 0) is 13.6 Å². The van der Waals surface area contributed by atoms with E-state index in [-0.39, 0.29) is 17.9 Å². The Labute approximate surface area is 125 Å². The zero-order valence-corrected chi connectivity index (χ0v) is 12.4. The van der Waals surface area contributed by atoms with Crippen molar-refractivity contribution in [2.75, 3.05) is 7.11 Å². The number of carbonyl (C=O) groups excluding carboxylic acids is 1. The van der Waals surface area contributed by atoms with Crippen molar-refractivity contribution >= 4 is 5.78 Å². The van der Waals surface area contributed by atoms with Gasteiger partial charge in [-0.25, -0.2) is 9.18 Å². The van der Waals surface area contributed by atoms with Crippen molar-refractivity contribution in [2.24, 2.45) is 7.05 Å². The number of Topliss-reactive ketones (excluding diaryl/α,β-unsaturated/α-hetero) is 1. The van der Waals surface area contributed by atoms with E-state index in [1.807, 2.05) is 0 Å². The van der Waals surface area contributed by atoms with Gasteiger partial charge >= 0.3 is 5.69 Å². The molecule has 0 aliphatic heterocycles. The number of benzene rings is 1. The van der Waals surface area contributed by atoms with E-state index in [1.165, 1.54) is 44.0 Å². The molecule has 6 nitrogen and oxygen atoms in total. The summed E-state index contributed by atoms with van der Waals surface area (Å²) in [5.41, 5.74) is -0.800. The average Bonchev–Trinajstić information content (AvgIpc) is 2.47. The van der Waals surface area contributed by atoms with Crippen molar-refractivity contribution in [3.8, 4) is 5.75 Å². The second-order valence-electron chi connectivity index (χ2n) is 4.84. The standard InChI is InChI=1S/C15H15FN2O4/c1-9(19)11-8-18(15(21)17(2)14(11)20)7-10-4-5-13(22-3)12(16)6-10/h4-6,8H,7H2,1-3H3. The van der Waals surface area contributed by atoms with E-state index in [4.69, 9.17) is 4.74 Å². The second-order valence-corrected chi connectivity index (χ2v) is 4.84. The fraction of sp³-hybridized carbons (Fsp3) is 0.267. The highest BCUT2D eigenvalue weighted by Crippen LogP contribution is 2.17. The third-order valence-electron chi connectivity index (χ3n) is 3.30. The van der Waals surface area contributed by atoms with Gasteiger partial charge in [-0.15, -0.1) is 0 Å². The minimum Gasteiger partial charge on any atom is -0.494 e. The Kier molecular flexibility index (Phi) is 4.25. The summed E-state index contributed by atoms with van der Waals surface area (Å²) in [4.78, 5) is 35.4. The molecule has 0 saturated carbocycles. The van der Waals surface area contributed by atoms with Gasteiger partial charge in [-0.2, -0.15) is 0 Å². The molecule has 116 valence electrons. The molecule has 0 fully saturated rings. The Balaban J connectivity index is 2.50. The van der Waals surface area contributed by atoms with Gasteiger partial charge in [0.25, 0.3) is 5.56 Å². The number of hydrogen-bond acceptors (Lipinski definition) is 4. The number of aromatic nitrogens is 2. The Morgan fingerprint density at radius 3 is 2.55 bits per heavy atom. The topological polar surface area (TPSA) is 70.3 Å². The van der Waals surface area contributed by atoms with Crippen molar-refractivity contribution < 1.29 is 13.9 Å². The van der Waals surface area contributed by atoms with Crippen LogP contribution in [-0.4, -0.2) is 22.0 Å². The molecule has 0 radical (unpaired) electrons. The van der Waals surface area contributed by atoms with Gasteiger partial charge in [-0.1, -0.05) is 6.07 Å². The highest BCUT2D eigenvalue weighted by molar-refractivity contribution is 5.93. The lowest BCUT2D eigenvalue weighted by atomic mass is 10.2.